The Balaban J connectivity index is 2.13. The van der Waals surface area contributed by atoms with Gasteiger partial charge in [0.25, 0.3) is 5.56 Å². The normalized spacial score (nSPS) is 21.7. The third kappa shape index (κ3) is 2.37. The highest BCUT2D eigenvalue weighted by atomic mass is 16.1. The van der Waals surface area contributed by atoms with Crippen LogP contribution in [0.25, 0.3) is 0 Å². The highest BCUT2D eigenvalue weighted by Gasteiger charge is 2.19. The zero-order chi connectivity index (χ0) is 10.7. The van der Waals surface area contributed by atoms with Crippen LogP contribution in [0.2, 0.25) is 0 Å². The number of hydrogen-bond donors (Lipinski definition) is 1. The van der Waals surface area contributed by atoms with E-state index in [0.717, 1.165) is 24.8 Å². The Bertz CT molecular complexity index is 374. The average Bonchev–Trinajstić information content (AvgIpc) is 2.29. The predicted molar refractivity (Wildman–Crippen MR) is 60.1 cm³/mol. The molecule has 1 fully saturated rings. The Morgan fingerprint density at radius 2 is 2.53 bits per heavy atom. The molecule has 0 spiro atoms. The van der Waals surface area contributed by atoms with Crippen LogP contribution in [0.3, 0.4) is 0 Å². The molecule has 15 heavy (non-hydrogen) atoms. The largest absolute Gasteiger partial charge is 0.356 e. The standard InChI is InChI=1S/C11H17N3O/c1-2-9-4-3-5-14(7-9)10-6-11(15)13-8-12-10/h6,8-9H,2-5,7H2,1H3,(H,12,13,15). The number of aromatic nitrogens is 2. The third-order valence-corrected chi connectivity index (χ3v) is 3.08. The molecule has 0 aliphatic carbocycles. The molecular weight excluding hydrogens is 190 g/mol. The zero-order valence-electron chi connectivity index (χ0n) is 9.07. The van der Waals surface area contributed by atoms with Crippen LogP contribution in [0.1, 0.15) is 26.2 Å². The first kappa shape index (κ1) is 10.2. The SMILES string of the molecule is CCC1CCCN(c2cc(=O)[nH]cn2)C1. The summed E-state index contributed by atoms with van der Waals surface area (Å²) < 4.78 is 0. The number of rotatable bonds is 2. The maximum absolute atomic E-state index is 11.2. The van der Waals surface area contributed by atoms with Gasteiger partial charge in [-0.15, -0.1) is 0 Å². The quantitative estimate of drug-likeness (QED) is 0.797. The molecule has 0 radical (unpaired) electrons. The van der Waals surface area contributed by atoms with Gasteiger partial charge in [0, 0.05) is 19.2 Å². The summed E-state index contributed by atoms with van der Waals surface area (Å²) in [6.07, 6.45) is 5.19. The van der Waals surface area contributed by atoms with E-state index in [1.807, 2.05) is 0 Å². The van der Waals surface area contributed by atoms with Gasteiger partial charge in [-0.05, 0) is 18.8 Å². The maximum atomic E-state index is 11.2. The van der Waals surface area contributed by atoms with Crippen LogP contribution in [-0.4, -0.2) is 23.1 Å². The summed E-state index contributed by atoms with van der Waals surface area (Å²) in [6.45, 7) is 4.28. The summed E-state index contributed by atoms with van der Waals surface area (Å²) in [5.74, 6) is 1.57. The lowest BCUT2D eigenvalue weighted by atomic mass is 9.96. The van der Waals surface area contributed by atoms with Crippen molar-refractivity contribution in [1.82, 2.24) is 9.97 Å². The Hall–Kier alpha value is -1.32. The molecule has 0 amide bonds. The second kappa shape index (κ2) is 4.47. The van der Waals surface area contributed by atoms with E-state index in [-0.39, 0.29) is 5.56 Å². The first-order valence-corrected chi connectivity index (χ1v) is 5.59. The molecule has 82 valence electrons. The van der Waals surface area contributed by atoms with Crippen LogP contribution in [0.5, 0.6) is 0 Å². The van der Waals surface area contributed by atoms with E-state index in [1.54, 1.807) is 6.07 Å². The van der Waals surface area contributed by atoms with Crippen molar-refractivity contribution in [3.05, 3.63) is 22.7 Å². The Labute approximate surface area is 89.3 Å². The molecule has 1 atom stereocenters. The lowest BCUT2D eigenvalue weighted by molar-refractivity contribution is 0.403. The molecule has 0 aromatic carbocycles. The second-order valence-corrected chi connectivity index (χ2v) is 4.13. The minimum atomic E-state index is -0.0707. The van der Waals surface area contributed by atoms with Gasteiger partial charge in [0.05, 0.1) is 6.33 Å². The molecule has 2 heterocycles. The summed E-state index contributed by atoms with van der Waals surface area (Å²) in [7, 11) is 0. The van der Waals surface area contributed by atoms with Gasteiger partial charge in [-0.1, -0.05) is 13.3 Å². The van der Waals surface area contributed by atoms with Crippen LogP contribution >= 0.6 is 0 Å². The van der Waals surface area contributed by atoms with Gasteiger partial charge >= 0.3 is 0 Å². The lowest BCUT2D eigenvalue weighted by Crippen LogP contribution is -2.36. The van der Waals surface area contributed by atoms with Crippen molar-refractivity contribution in [3.8, 4) is 0 Å². The number of H-pyrrole nitrogens is 1. The summed E-state index contributed by atoms with van der Waals surface area (Å²) in [5, 5.41) is 0. The maximum Gasteiger partial charge on any atom is 0.252 e. The molecule has 4 heteroatoms. The highest BCUT2D eigenvalue weighted by Crippen LogP contribution is 2.22. The number of aromatic amines is 1. The van der Waals surface area contributed by atoms with E-state index in [9.17, 15) is 4.79 Å². The van der Waals surface area contributed by atoms with E-state index in [0.29, 0.717) is 0 Å². The van der Waals surface area contributed by atoms with Crippen molar-refractivity contribution in [2.45, 2.75) is 26.2 Å². The molecule has 0 saturated carbocycles. The van der Waals surface area contributed by atoms with E-state index in [4.69, 9.17) is 0 Å². The third-order valence-electron chi connectivity index (χ3n) is 3.08. The first-order chi connectivity index (χ1) is 7.29. The highest BCUT2D eigenvalue weighted by molar-refractivity contribution is 5.36. The molecule has 1 aliphatic heterocycles. The number of anilines is 1. The smallest absolute Gasteiger partial charge is 0.252 e. The van der Waals surface area contributed by atoms with Gasteiger partial charge in [-0.25, -0.2) is 4.98 Å². The molecule has 1 unspecified atom stereocenters. The second-order valence-electron chi connectivity index (χ2n) is 4.13. The Morgan fingerprint density at radius 1 is 1.67 bits per heavy atom. The fourth-order valence-corrected chi connectivity index (χ4v) is 2.14. The van der Waals surface area contributed by atoms with E-state index in [1.165, 1.54) is 25.6 Å². The summed E-state index contributed by atoms with van der Waals surface area (Å²) in [5.41, 5.74) is -0.0707. The van der Waals surface area contributed by atoms with Crippen molar-refractivity contribution >= 4 is 5.82 Å². The van der Waals surface area contributed by atoms with Crippen LogP contribution in [0.4, 0.5) is 5.82 Å². The summed E-state index contributed by atoms with van der Waals surface area (Å²) in [6, 6.07) is 1.58. The topological polar surface area (TPSA) is 49.0 Å². The van der Waals surface area contributed by atoms with Gasteiger partial charge in [0.2, 0.25) is 0 Å². The number of nitrogens with zero attached hydrogens (tertiary/aromatic N) is 2. The van der Waals surface area contributed by atoms with Gasteiger partial charge in [0.1, 0.15) is 5.82 Å². The summed E-state index contributed by atoms with van der Waals surface area (Å²) >= 11 is 0. The van der Waals surface area contributed by atoms with E-state index >= 15 is 0 Å². The first-order valence-electron chi connectivity index (χ1n) is 5.59. The van der Waals surface area contributed by atoms with Crippen molar-refractivity contribution < 1.29 is 0 Å². The number of piperidine rings is 1. The molecule has 1 aliphatic rings. The van der Waals surface area contributed by atoms with Crippen LogP contribution in [0.15, 0.2) is 17.2 Å². The zero-order valence-corrected chi connectivity index (χ0v) is 9.07. The molecular formula is C11H17N3O. The van der Waals surface area contributed by atoms with Crippen molar-refractivity contribution in [1.29, 1.82) is 0 Å². The Kier molecular flexibility index (Phi) is 3.04. The number of nitrogens with one attached hydrogen (secondary N) is 1. The van der Waals surface area contributed by atoms with E-state index < -0.39 is 0 Å². The molecule has 2 rings (SSSR count). The number of hydrogen-bond acceptors (Lipinski definition) is 3. The van der Waals surface area contributed by atoms with Gasteiger partial charge < -0.3 is 9.88 Å². The van der Waals surface area contributed by atoms with Crippen LogP contribution < -0.4 is 10.5 Å². The van der Waals surface area contributed by atoms with Gasteiger partial charge in [-0.2, -0.15) is 0 Å². The van der Waals surface area contributed by atoms with E-state index in [2.05, 4.69) is 21.8 Å². The molecule has 1 aromatic rings. The fraction of sp³-hybridized carbons (Fsp3) is 0.636. The minimum Gasteiger partial charge on any atom is -0.356 e. The van der Waals surface area contributed by atoms with Crippen molar-refractivity contribution in [3.63, 3.8) is 0 Å². The van der Waals surface area contributed by atoms with Gasteiger partial charge in [0.15, 0.2) is 0 Å². The fourth-order valence-electron chi connectivity index (χ4n) is 2.14. The molecule has 1 aromatic heterocycles. The summed E-state index contributed by atoms with van der Waals surface area (Å²) in [4.78, 5) is 20.1. The van der Waals surface area contributed by atoms with Crippen LogP contribution in [-0.2, 0) is 0 Å². The molecule has 4 nitrogen and oxygen atoms in total. The predicted octanol–water partition coefficient (Wildman–Crippen LogP) is 1.40. The molecule has 0 bridgehead atoms. The monoisotopic (exact) mass is 207 g/mol. The molecule has 1 N–H and O–H groups in total. The lowest BCUT2D eigenvalue weighted by Gasteiger charge is -2.32. The van der Waals surface area contributed by atoms with Gasteiger partial charge in [-0.3, -0.25) is 4.79 Å². The Morgan fingerprint density at radius 3 is 3.27 bits per heavy atom. The van der Waals surface area contributed by atoms with Crippen molar-refractivity contribution in [2.75, 3.05) is 18.0 Å². The minimum absolute atomic E-state index is 0.0707. The molecule has 1 saturated heterocycles. The average molecular weight is 207 g/mol. The van der Waals surface area contributed by atoms with Crippen molar-refractivity contribution in [2.24, 2.45) is 5.92 Å². The van der Waals surface area contributed by atoms with Crippen LogP contribution in [0, 0.1) is 5.92 Å².